The molecule has 1 atom stereocenters. The standard InChI is InChI=1S/C7H6NOS.H2O/c9-10-5-8-6-3-1-2-4-7(6)10;/h1-5,9H;1H2/q+1;. The molecule has 3 N–H and O–H groups in total. The van der Waals surface area contributed by atoms with Crippen molar-refractivity contribution in [1.82, 2.24) is 4.98 Å². The Labute approximate surface area is 66.4 Å². The van der Waals surface area contributed by atoms with E-state index in [2.05, 4.69) is 4.98 Å². The zero-order valence-corrected chi connectivity index (χ0v) is 6.51. The normalized spacial score (nSPS) is 11.2. The number of nitrogens with zero attached hydrogens (tertiary/aromatic N) is 1. The maximum Gasteiger partial charge on any atom is 0.267 e. The summed E-state index contributed by atoms with van der Waals surface area (Å²) in [7, 11) is -0.739. The van der Waals surface area contributed by atoms with E-state index >= 15 is 0 Å². The highest BCUT2D eigenvalue weighted by Crippen LogP contribution is 2.24. The molecule has 11 heavy (non-hydrogen) atoms. The summed E-state index contributed by atoms with van der Waals surface area (Å²) in [6.07, 6.45) is 0. The van der Waals surface area contributed by atoms with E-state index in [0.717, 1.165) is 10.2 Å². The van der Waals surface area contributed by atoms with Gasteiger partial charge < -0.3 is 5.48 Å². The maximum absolute atomic E-state index is 9.26. The predicted octanol–water partition coefficient (Wildman–Crippen LogP) is 1.29. The smallest absolute Gasteiger partial charge is 0.267 e. The van der Waals surface area contributed by atoms with Crippen LogP contribution in [0.5, 0.6) is 0 Å². The molecule has 0 saturated heterocycles. The number of para-hydroxylation sites is 1. The average molecular weight is 170 g/mol. The molecule has 0 radical (unpaired) electrons. The van der Waals surface area contributed by atoms with E-state index in [1.54, 1.807) is 5.51 Å². The van der Waals surface area contributed by atoms with Crippen LogP contribution in [0, 0.1) is 0 Å². The zero-order chi connectivity index (χ0) is 6.97. The number of rotatable bonds is 0. The Morgan fingerprint density at radius 2 is 2.00 bits per heavy atom. The Morgan fingerprint density at radius 1 is 1.27 bits per heavy atom. The minimum Gasteiger partial charge on any atom is -0.412 e. The van der Waals surface area contributed by atoms with E-state index < -0.39 is 10.8 Å². The molecule has 3 nitrogen and oxygen atoms in total. The lowest BCUT2D eigenvalue weighted by atomic mass is 10.3. The highest BCUT2D eigenvalue weighted by atomic mass is 32.2. The third-order valence-corrected chi connectivity index (χ3v) is 2.48. The quantitative estimate of drug-likeness (QED) is 0.605. The molecule has 0 aliphatic rings. The van der Waals surface area contributed by atoms with Crippen LogP contribution >= 0.6 is 10.8 Å². The summed E-state index contributed by atoms with van der Waals surface area (Å²) < 4.78 is 10.2. The molecule has 1 heterocycles. The molecule has 0 fully saturated rings. The van der Waals surface area contributed by atoms with E-state index in [9.17, 15) is 4.55 Å². The lowest BCUT2D eigenvalue weighted by molar-refractivity contribution is 0.644. The van der Waals surface area contributed by atoms with Gasteiger partial charge >= 0.3 is 0 Å². The van der Waals surface area contributed by atoms with Gasteiger partial charge in [0.1, 0.15) is 5.52 Å². The van der Waals surface area contributed by atoms with Crippen LogP contribution in [0.15, 0.2) is 29.8 Å². The molecule has 2 rings (SSSR count). The molecule has 0 amide bonds. The monoisotopic (exact) mass is 170 g/mol. The van der Waals surface area contributed by atoms with Crippen LogP contribution in [0.1, 0.15) is 0 Å². The molecule has 0 bridgehead atoms. The van der Waals surface area contributed by atoms with Crippen molar-refractivity contribution in [1.29, 1.82) is 0 Å². The topological polar surface area (TPSA) is 64.6 Å². The second kappa shape index (κ2) is 2.96. The van der Waals surface area contributed by atoms with E-state index in [0.29, 0.717) is 0 Å². The van der Waals surface area contributed by atoms with Crippen molar-refractivity contribution >= 4 is 21.0 Å². The number of hydrogen-bond acceptors (Lipinski definition) is 2. The molecule has 1 aromatic heterocycles. The average Bonchev–Trinajstić information content (AvgIpc) is 2.34. The summed E-state index contributed by atoms with van der Waals surface area (Å²) in [6, 6.07) is 7.61. The van der Waals surface area contributed by atoms with Gasteiger partial charge in [0.15, 0.2) is 10.8 Å². The van der Waals surface area contributed by atoms with E-state index in [1.165, 1.54) is 0 Å². The molecule has 2 aromatic rings. The van der Waals surface area contributed by atoms with Gasteiger partial charge in [0.05, 0.1) is 0 Å². The van der Waals surface area contributed by atoms with E-state index in [-0.39, 0.29) is 5.48 Å². The molecule has 0 aliphatic carbocycles. The molecule has 4 heteroatoms. The largest absolute Gasteiger partial charge is 0.412 e. The van der Waals surface area contributed by atoms with Gasteiger partial charge in [0, 0.05) is 6.07 Å². The van der Waals surface area contributed by atoms with Crippen molar-refractivity contribution in [2.45, 2.75) is 0 Å². The van der Waals surface area contributed by atoms with Gasteiger partial charge in [-0.05, 0) is 6.07 Å². The molecule has 1 aromatic carbocycles. The number of fused-ring (bicyclic) bond motifs is 1. The van der Waals surface area contributed by atoms with Crippen LogP contribution in [-0.2, 0) is 0 Å². The van der Waals surface area contributed by atoms with Gasteiger partial charge in [0.2, 0.25) is 4.70 Å². The van der Waals surface area contributed by atoms with Crippen LogP contribution < -0.4 is 0 Å². The van der Waals surface area contributed by atoms with Crippen molar-refractivity contribution in [2.24, 2.45) is 0 Å². The first-order chi connectivity index (χ1) is 4.88. The van der Waals surface area contributed by atoms with Gasteiger partial charge in [-0.15, -0.1) is 0 Å². The van der Waals surface area contributed by atoms with Gasteiger partial charge in [-0.2, -0.15) is 9.54 Å². The molecular formula is C7H8NO2S+. The minimum atomic E-state index is -0.739. The van der Waals surface area contributed by atoms with Crippen LogP contribution in [0.2, 0.25) is 0 Å². The SMILES string of the molecule is O.O[s+]1cnc2ccccc21. The summed E-state index contributed by atoms with van der Waals surface area (Å²) in [6.45, 7) is 0. The molecular weight excluding hydrogens is 162 g/mol. The van der Waals surface area contributed by atoms with Crippen LogP contribution in [-0.4, -0.2) is 15.0 Å². The van der Waals surface area contributed by atoms with Crippen LogP contribution in [0.4, 0.5) is 0 Å². The predicted molar refractivity (Wildman–Crippen MR) is 45.2 cm³/mol. The highest BCUT2D eigenvalue weighted by molar-refractivity contribution is 7.29. The molecule has 58 valence electrons. The molecule has 0 spiro atoms. The van der Waals surface area contributed by atoms with Gasteiger partial charge in [-0.25, -0.2) is 0 Å². The van der Waals surface area contributed by atoms with Gasteiger partial charge in [0.25, 0.3) is 5.51 Å². The lowest BCUT2D eigenvalue weighted by Gasteiger charge is -1.76. The summed E-state index contributed by atoms with van der Waals surface area (Å²) in [5.74, 6) is 0. The van der Waals surface area contributed by atoms with Crippen LogP contribution in [0.25, 0.3) is 10.2 Å². The molecule has 0 aliphatic heterocycles. The second-order valence-corrected chi connectivity index (χ2v) is 3.30. The number of aromatic nitrogens is 1. The van der Waals surface area contributed by atoms with Crippen LogP contribution in [0.3, 0.4) is 0 Å². The van der Waals surface area contributed by atoms with Gasteiger partial charge in [-0.1, -0.05) is 12.1 Å². The summed E-state index contributed by atoms with van der Waals surface area (Å²) in [4.78, 5) is 4.02. The van der Waals surface area contributed by atoms with Crippen molar-refractivity contribution in [3.63, 3.8) is 0 Å². The van der Waals surface area contributed by atoms with Crippen molar-refractivity contribution in [2.75, 3.05) is 0 Å². The first-order valence-corrected chi connectivity index (χ1v) is 4.18. The first kappa shape index (κ1) is 8.13. The first-order valence-electron chi connectivity index (χ1n) is 2.93. The summed E-state index contributed by atoms with van der Waals surface area (Å²) in [5.41, 5.74) is 2.47. The third-order valence-electron chi connectivity index (χ3n) is 1.38. The van der Waals surface area contributed by atoms with E-state index in [4.69, 9.17) is 0 Å². The van der Waals surface area contributed by atoms with Crippen molar-refractivity contribution < 1.29 is 10.0 Å². The fourth-order valence-corrected chi connectivity index (χ4v) is 1.78. The Morgan fingerprint density at radius 3 is 2.73 bits per heavy atom. The zero-order valence-electron chi connectivity index (χ0n) is 5.69. The Bertz CT molecular complexity index is 358. The maximum atomic E-state index is 9.26. The molecule has 1 unspecified atom stereocenters. The number of thiazole rings is 1. The summed E-state index contributed by atoms with van der Waals surface area (Å²) in [5, 5.41) is 0. The lowest BCUT2D eigenvalue weighted by Crippen LogP contribution is -1.62. The minimum absolute atomic E-state index is 0. The Hall–Kier alpha value is -0.970. The van der Waals surface area contributed by atoms with Gasteiger partial charge in [-0.3, -0.25) is 0 Å². The third kappa shape index (κ3) is 1.23. The fraction of sp³-hybridized carbons (Fsp3) is 0. The van der Waals surface area contributed by atoms with Crippen molar-refractivity contribution in [3.8, 4) is 0 Å². The summed E-state index contributed by atoms with van der Waals surface area (Å²) >= 11 is 0. The Balaban J connectivity index is 0.000000605. The van der Waals surface area contributed by atoms with Crippen molar-refractivity contribution in [3.05, 3.63) is 29.8 Å². The number of hydrogen-bond donors (Lipinski definition) is 1. The van der Waals surface area contributed by atoms with E-state index in [1.807, 2.05) is 24.3 Å². The molecule has 0 saturated carbocycles. The number of benzene rings is 1. The Kier molecular flexibility index (Phi) is 2.19. The highest BCUT2D eigenvalue weighted by Gasteiger charge is 2.08. The second-order valence-electron chi connectivity index (χ2n) is 2.02. The fourth-order valence-electron chi connectivity index (χ4n) is 0.904.